The van der Waals surface area contributed by atoms with Gasteiger partial charge in [0.05, 0.1) is 5.54 Å². The summed E-state index contributed by atoms with van der Waals surface area (Å²) in [5, 5.41) is 17.0. The van der Waals surface area contributed by atoms with E-state index in [-0.39, 0.29) is 5.54 Å². The summed E-state index contributed by atoms with van der Waals surface area (Å²) < 4.78 is 0. The maximum absolute atomic E-state index is 8.81. The molecule has 1 aliphatic heterocycles. The van der Waals surface area contributed by atoms with Crippen LogP contribution in [-0.2, 0) is 18.4 Å². The molecule has 2 aromatic rings. The highest BCUT2D eigenvalue weighted by molar-refractivity contribution is 5.88. The molecule has 4 nitrogen and oxygen atoms in total. The van der Waals surface area contributed by atoms with Crippen molar-refractivity contribution in [2.45, 2.75) is 45.1 Å². The molecular weight excluding hydrogens is 262 g/mol. The smallest absolute Gasteiger partial charge is 0.0638 e. The second-order valence-electron chi connectivity index (χ2n) is 5.79. The van der Waals surface area contributed by atoms with Crippen LogP contribution in [0.15, 0.2) is 23.4 Å². The summed E-state index contributed by atoms with van der Waals surface area (Å²) in [6.45, 7) is 5.33. The van der Waals surface area contributed by atoms with Gasteiger partial charge in [0.2, 0.25) is 0 Å². The van der Waals surface area contributed by atoms with E-state index in [1.165, 1.54) is 27.7 Å². The van der Waals surface area contributed by atoms with Gasteiger partial charge in [-0.2, -0.15) is 0 Å². The van der Waals surface area contributed by atoms with Crippen molar-refractivity contribution in [3.8, 4) is 0 Å². The van der Waals surface area contributed by atoms with E-state index in [0.717, 1.165) is 25.8 Å². The zero-order chi connectivity index (χ0) is 14.9. The normalized spacial score (nSPS) is 22.0. The standard InChI is InChI=1S/C17H23N3O/c1-3-12-6-5-7-13-14-8-10-18-17(4-2,9-11-19-21)16(14)20-15(12)13/h5-7,11,18,20-21H,3-4,8-10H2,1-2H3/b19-11+/t17-/m1/s1. The van der Waals surface area contributed by atoms with Crippen LogP contribution >= 0.6 is 0 Å². The predicted molar refractivity (Wildman–Crippen MR) is 86.2 cm³/mol. The molecule has 0 fully saturated rings. The third-order valence-electron chi connectivity index (χ3n) is 4.85. The SMILES string of the molecule is CCc1cccc2c3c([nH]c12)[C@@](CC)(C/C=N/O)NCC3. The van der Waals surface area contributed by atoms with Gasteiger partial charge in [-0.1, -0.05) is 32.0 Å². The van der Waals surface area contributed by atoms with Gasteiger partial charge < -0.3 is 15.5 Å². The van der Waals surface area contributed by atoms with Crippen molar-refractivity contribution in [1.82, 2.24) is 10.3 Å². The Morgan fingerprint density at radius 2 is 2.24 bits per heavy atom. The van der Waals surface area contributed by atoms with Crippen LogP contribution in [0.2, 0.25) is 0 Å². The first-order valence-electron chi connectivity index (χ1n) is 7.79. The van der Waals surface area contributed by atoms with Crippen LogP contribution < -0.4 is 5.32 Å². The Labute approximate surface area is 125 Å². The molecule has 3 rings (SSSR count). The summed E-state index contributed by atoms with van der Waals surface area (Å²) in [5.41, 5.74) is 5.18. The number of hydrogen-bond acceptors (Lipinski definition) is 3. The molecule has 0 amide bonds. The number of oxime groups is 1. The number of nitrogens with zero attached hydrogens (tertiary/aromatic N) is 1. The number of aromatic nitrogens is 1. The molecule has 4 heteroatoms. The fourth-order valence-electron chi connectivity index (χ4n) is 3.63. The maximum atomic E-state index is 8.81. The summed E-state index contributed by atoms with van der Waals surface area (Å²) in [6.07, 6.45) is 5.32. The molecule has 0 spiro atoms. The number of benzene rings is 1. The van der Waals surface area contributed by atoms with Crippen LogP contribution in [0, 0.1) is 0 Å². The molecule has 21 heavy (non-hydrogen) atoms. The van der Waals surface area contributed by atoms with Gasteiger partial charge in [-0.15, -0.1) is 5.16 Å². The summed E-state index contributed by atoms with van der Waals surface area (Å²) >= 11 is 0. The number of aromatic amines is 1. The lowest BCUT2D eigenvalue weighted by atomic mass is 9.82. The van der Waals surface area contributed by atoms with Crippen molar-refractivity contribution in [3.63, 3.8) is 0 Å². The molecule has 2 heterocycles. The Morgan fingerprint density at radius 1 is 1.38 bits per heavy atom. The van der Waals surface area contributed by atoms with Gasteiger partial charge in [-0.3, -0.25) is 0 Å². The molecular formula is C17H23N3O. The highest BCUT2D eigenvalue weighted by Gasteiger charge is 2.36. The van der Waals surface area contributed by atoms with Crippen LogP contribution in [0.25, 0.3) is 10.9 Å². The van der Waals surface area contributed by atoms with Crippen LogP contribution in [-0.4, -0.2) is 23.0 Å². The number of fused-ring (bicyclic) bond motifs is 3. The van der Waals surface area contributed by atoms with E-state index in [1.807, 2.05) is 0 Å². The molecule has 1 atom stereocenters. The Balaban J connectivity index is 2.21. The molecule has 1 aromatic heterocycles. The van der Waals surface area contributed by atoms with Gasteiger partial charge in [0.25, 0.3) is 0 Å². The lowest BCUT2D eigenvalue weighted by molar-refractivity contribution is 0.295. The number of hydrogen-bond donors (Lipinski definition) is 3. The molecule has 112 valence electrons. The zero-order valence-electron chi connectivity index (χ0n) is 12.7. The quantitative estimate of drug-likeness (QED) is 0.458. The average Bonchev–Trinajstić information content (AvgIpc) is 2.92. The van der Waals surface area contributed by atoms with Gasteiger partial charge in [-0.25, -0.2) is 0 Å². The molecule has 1 aromatic carbocycles. The van der Waals surface area contributed by atoms with E-state index in [1.54, 1.807) is 6.21 Å². The summed E-state index contributed by atoms with van der Waals surface area (Å²) in [4.78, 5) is 3.68. The average molecular weight is 285 g/mol. The first-order chi connectivity index (χ1) is 10.3. The number of aryl methyl sites for hydroxylation is 1. The molecule has 0 aliphatic carbocycles. The second kappa shape index (κ2) is 5.53. The van der Waals surface area contributed by atoms with Crippen molar-refractivity contribution < 1.29 is 5.21 Å². The number of H-pyrrole nitrogens is 1. The fourth-order valence-corrected chi connectivity index (χ4v) is 3.63. The Bertz CT molecular complexity index is 674. The number of nitrogens with one attached hydrogen (secondary N) is 2. The second-order valence-corrected chi connectivity index (χ2v) is 5.79. The van der Waals surface area contributed by atoms with Crippen LogP contribution in [0.3, 0.4) is 0 Å². The topological polar surface area (TPSA) is 60.4 Å². The van der Waals surface area contributed by atoms with E-state index in [0.29, 0.717) is 6.42 Å². The van der Waals surface area contributed by atoms with E-state index in [4.69, 9.17) is 5.21 Å². The lowest BCUT2D eigenvalue weighted by Gasteiger charge is -2.37. The lowest BCUT2D eigenvalue weighted by Crippen LogP contribution is -2.47. The zero-order valence-corrected chi connectivity index (χ0v) is 12.7. The highest BCUT2D eigenvalue weighted by Crippen LogP contribution is 2.38. The van der Waals surface area contributed by atoms with E-state index in [9.17, 15) is 0 Å². The maximum Gasteiger partial charge on any atom is 0.0638 e. The van der Waals surface area contributed by atoms with Crippen molar-refractivity contribution in [1.29, 1.82) is 0 Å². The molecule has 0 radical (unpaired) electrons. The number of para-hydroxylation sites is 1. The molecule has 3 N–H and O–H groups in total. The summed E-state index contributed by atoms with van der Waals surface area (Å²) in [5.74, 6) is 0. The fraction of sp³-hybridized carbons (Fsp3) is 0.471. The Kier molecular flexibility index (Phi) is 3.72. The molecule has 0 bridgehead atoms. The first kappa shape index (κ1) is 14.1. The highest BCUT2D eigenvalue weighted by atomic mass is 16.4. The van der Waals surface area contributed by atoms with Crippen LogP contribution in [0.5, 0.6) is 0 Å². The Hall–Kier alpha value is -1.81. The third kappa shape index (κ3) is 2.14. The van der Waals surface area contributed by atoms with Gasteiger partial charge in [-0.05, 0) is 30.4 Å². The minimum atomic E-state index is -0.149. The minimum Gasteiger partial charge on any atom is -0.411 e. The van der Waals surface area contributed by atoms with Crippen molar-refractivity contribution in [3.05, 3.63) is 35.0 Å². The van der Waals surface area contributed by atoms with Crippen LogP contribution in [0.4, 0.5) is 0 Å². The predicted octanol–water partition coefficient (Wildman–Crippen LogP) is 3.33. The molecule has 0 saturated heterocycles. The van der Waals surface area contributed by atoms with Gasteiger partial charge in [0.1, 0.15) is 0 Å². The summed E-state index contributed by atoms with van der Waals surface area (Å²) in [7, 11) is 0. The Morgan fingerprint density at radius 3 is 2.95 bits per heavy atom. The van der Waals surface area contributed by atoms with Gasteiger partial charge in [0.15, 0.2) is 0 Å². The molecule has 1 aliphatic rings. The monoisotopic (exact) mass is 285 g/mol. The first-order valence-corrected chi connectivity index (χ1v) is 7.79. The van der Waals surface area contributed by atoms with Crippen molar-refractivity contribution >= 4 is 17.1 Å². The van der Waals surface area contributed by atoms with E-state index >= 15 is 0 Å². The molecule has 0 saturated carbocycles. The molecule has 0 unspecified atom stereocenters. The van der Waals surface area contributed by atoms with Crippen molar-refractivity contribution in [2.75, 3.05) is 6.54 Å². The number of rotatable bonds is 4. The summed E-state index contributed by atoms with van der Waals surface area (Å²) in [6, 6.07) is 6.57. The van der Waals surface area contributed by atoms with E-state index < -0.39 is 0 Å². The van der Waals surface area contributed by atoms with Crippen molar-refractivity contribution in [2.24, 2.45) is 5.16 Å². The van der Waals surface area contributed by atoms with Crippen LogP contribution in [0.1, 0.15) is 43.5 Å². The third-order valence-corrected chi connectivity index (χ3v) is 4.85. The van der Waals surface area contributed by atoms with Gasteiger partial charge >= 0.3 is 0 Å². The van der Waals surface area contributed by atoms with Gasteiger partial charge in [0, 0.05) is 35.8 Å². The van der Waals surface area contributed by atoms with E-state index in [2.05, 4.69) is 47.5 Å². The minimum absolute atomic E-state index is 0.149. The largest absolute Gasteiger partial charge is 0.411 e.